The highest BCUT2D eigenvalue weighted by Gasteiger charge is 2.26. The lowest BCUT2D eigenvalue weighted by Crippen LogP contribution is -2.44. The molecule has 1 saturated heterocycles. The van der Waals surface area contributed by atoms with Crippen molar-refractivity contribution in [3.63, 3.8) is 0 Å². The average Bonchev–Trinajstić information content (AvgIpc) is 3.16. The first kappa shape index (κ1) is 22.5. The lowest BCUT2D eigenvalue weighted by Gasteiger charge is -2.35. The maximum Gasteiger partial charge on any atom is 0.295 e. The van der Waals surface area contributed by atoms with Crippen molar-refractivity contribution < 1.29 is 13.9 Å². The summed E-state index contributed by atoms with van der Waals surface area (Å²) in [7, 11) is 0. The van der Waals surface area contributed by atoms with Gasteiger partial charge in [-0.25, -0.2) is 0 Å². The van der Waals surface area contributed by atoms with E-state index in [4.69, 9.17) is 13.9 Å². The summed E-state index contributed by atoms with van der Waals surface area (Å²) in [4.78, 5) is 6.97. The van der Waals surface area contributed by atoms with Gasteiger partial charge in [-0.1, -0.05) is 24.3 Å². The van der Waals surface area contributed by atoms with Gasteiger partial charge in [0.1, 0.15) is 18.2 Å². The number of aromatic nitrogens is 1. The Morgan fingerprint density at radius 2 is 1.70 bits per heavy atom. The topological polar surface area (TPSA) is 59.8 Å². The molecule has 1 aromatic heterocycles. The fraction of sp³-hybridized carbons (Fsp3) is 0.409. The first-order valence-corrected chi connectivity index (χ1v) is 10.0. The Bertz CT molecular complexity index is 911. The number of nitrogens with one attached hydrogen (secondary N) is 1. The standard InChI is InChI=1S/C22H25N3O3.2ClH/c1-2-6-19-18(5-1)24-22(28-19)23-13-16-9-11-25(12-10-16)14-17-15-26-20-7-3-4-8-21(20)27-17;;/h1-8,16-17H,9-15H2,(H,23,24);2*1H. The molecule has 3 heterocycles. The van der Waals surface area contributed by atoms with Crippen molar-refractivity contribution in [1.29, 1.82) is 0 Å². The predicted octanol–water partition coefficient (Wildman–Crippen LogP) is 4.64. The second kappa shape index (κ2) is 10.2. The lowest BCUT2D eigenvalue weighted by atomic mass is 9.96. The third-order valence-electron chi connectivity index (χ3n) is 5.57. The number of hydrogen-bond donors (Lipinski definition) is 1. The molecule has 6 nitrogen and oxygen atoms in total. The number of para-hydroxylation sites is 4. The molecule has 2 aromatic carbocycles. The number of rotatable bonds is 5. The summed E-state index contributed by atoms with van der Waals surface area (Å²) < 4.78 is 17.7. The largest absolute Gasteiger partial charge is 0.486 e. The Labute approximate surface area is 188 Å². The maximum absolute atomic E-state index is 6.10. The van der Waals surface area contributed by atoms with Crippen molar-refractivity contribution in [2.45, 2.75) is 18.9 Å². The fourth-order valence-electron chi connectivity index (χ4n) is 3.99. The Morgan fingerprint density at radius 3 is 2.50 bits per heavy atom. The molecule has 0 amide bonds. The molecule has 1 N–H and O–H groups in total. The van der Waals surface area contributed by atoms with Gasteiger partial charge < -0.3 is 19.2 Å². The number of anilines is 1. The van der Waals surface area contributed by atoms with E-state index >= 15 is 0 Å². The van der Waals surface area contributed by atoms with Crippen molar-refractivity contribution in [3.8, 4) is 11.5 Å². The van der Waals surface area contributed by atoms with Crippen LogP contribution in [0.5, 0.6) is 11.5 Å². The monoisotopic (exact) mass is 451 g/mol. The highest BCUT2D eigenvalue weighted by atomic mass is 35.5. The zero-order chi connectivity index (χ0) is 18.8. The van der Waals surface area contributed by atoms with Crippen LogP contribution in [0.4, 0.5) is 6.01 Å². The van der Waals surface area contributed by atoms with Crippen molar-refractivity contribution in [2.75, 3.05) is 38.1 Å². The van der Waals surface area contributed by atoms with Crippen LogP contribution in [0.2, 0.25) is 0 Å². The molecule has 1 unspecified atom stereocenters. The number of hydrogen-bond acceptors (Lipinski definition) is 6. The van der Waals surface area contributed by atoms with Crippen LogP contribution in [0.3, 0.4) is 0 Å². The summed E-state index contributed by atoms with van der Waals surface area (Å²) in [6.45, 7) is 4.61. The number of halogens is 2. The van der Waals surface area contributed by atoms with Crippen molar-refractivity contribution in [1.82, 2.24) is 9.88 Å². The minimum Gasteiger partial charge on any atom is -0.486 e. The van der Waals surface area contributed by atoms with Crippen LogP contribution < -0.4 is 14.8 Å². The van der Waals surface area contributed by atoms with Gasteiger partial charge in [0, 0.05) is 13.1 Å². The molecule has 0 radical (unpaired) electrons. The molecule has 8 heteroatoms. The zero-order valence-corrected chi connectivity index (χ0v) is 18.3. The summed E-state index contributed by atoms with van der Waals surface area (Å²) >= 11 is 0. The van der Waals surface area contributed by atoms with E-state index in [1.807, 2.05) is 48.5 Å². The number of likely N-dealkylation sites (tertiary alicyclic amines) is 1. The Hall–Kier alpha value is -2.15. The molecule has 1 atom stereocenters. The molecule has 0 bridgehead atoms. The summed E-state index contributed by atoms with van der Waals surface area (Å²) in [6, 6.07) is 16.4. The van der Waals surface area contributed by atoms with E-state index in [0.717, 1.165) is 61.6 Å². The summed E-state index contributed by atoms with van der Waals surface area (Å²) in [5, 5.41) is 3.37. The normalized spacial score (nSPS) is 19.0. The highest BCUT2D eigenvalue weighted by Crippen LogP contribution is 2.31. The smallest absolute Gasteiger partial charge is 0.295 e. The Morgan fingerprint density at radius 1 is 0.967 bits per heavy atom. The minimum absolute atomic E-state index is 0. The van der Waals surface area contributed by atoms with Gasteiger partial charge >= 0.3 is 0 Å². The summed E-state index contributed by atoms with van der Waals surface area (Å²) in [6.07, 6.45) is 2.43. The van der Waals surface area contributed by atoms with E-state index in [2.05, 4.69) is 15.2 Å². The molecule has 30 heavy (non-hydrogen) atoms. The fourth-order valence-corrected chi connectivity index (χ4v) is 3.99. The van der Waals surface area contributed by atoms with Gasteiger partial charge in [-0.05, 0) is 56.1 Å². The van der Waals surface area contributed by atoms with Gasteiger partial charge in [0.15, 0.2) is 17.1 Å². The molecule has 2 aliphatic heterocycles. The van der Waals surface area contributed by atoms with Crippen LogP contribution in [0.1, 0.15) is 12.8 Å². The van der Waals surface area contributed by atoms with Crippen LogP contribution in [-0.2, 0) is 0 Å². The second-order valence-corrected chi connectivity index (χ2v) is 7.61. The van der Waals surface area contributed by atoms with Crippen molar-refractivity contribution in [2.24, 2.45) is 5.92 Å². The van der Waals surface area contributed by atoms with E-state index in [0.29, 0.717) is 18.5 Å². The van der Waals surface area contributed by atoms with Gasteiger partial charge in [-0.3, -0.25) is 4.90 Å². The molecule has 2 aliphatic rings. The molecule has 3 aromatic rings. The number of oxazole rings is 1. The molecule has 5 rings (SSSR count). The molecule has 0 saturated carbocycles. The van der Waals surface area contributed by atoms with Gasteiger partial charge in [0.25, 0.3) is 6.01 Å². The van der Waals surface area contributed by atoms with E-state index in [-0.39, 0.29) is 30.9 Å². The molecule has 0 spiro atoms. The molecular weight excluding hydrogens is 425 g/mol. The SMILES string of the molecule is Cl.Cl.c1ccc2c(c1)OCC(CN1CCC(CNc3nc4ccccc4o3)CC1)O2. The van der Waals surface area contributed by atoms with E-state index in [1.165, 1.54) is 0 Å². The maximum atomic E-state index is 6.10. The average molecular weight is 452 g/mol. The van der Waals surface area contributed by atoms with E-state index in [9.17, 15) is 0 Å². The summed E-state index contributed by atoms with van der Waals surface area (Å²) in [5.41, 5.74) is 1.73. The van der Waals surface area contributed by atoms with Crippen LogP contribution in [-0.4, -0.2) is 48.8 Å². The number of benzene rings is 2. The lowest BCUT2D eigenvalue weighted by molar-refractivity contribution is 0.0485. The number of fused-ring (bicyclic) bond motifs is 2. The van der Waals surface area contributed by atoms with Crippen LogP contribution in [0.15, 0.2) is 52.9 Å². The minimum atomic E-state index is 0. The second-order valence-electron chi connectivity index (χ2n) is 7.61. The van der Waals surface area contributed by atoms with Gasteiger partial charge in [0.2, 0.25) is 0 Å². The van der Waals surface area contributed by atoms with Gasteiger partial charge in [-0.2, -0.15) is 4.98 Å². The third kappa shape index (κ3) is 5.12. The third-order valence-corrected chi connectivity index (χ3v) is 5.57. The van der Waals surface area contributed by atoms with Gasteiger partial charge in [0.05, 0.1) is 0 Å². The molecule has 1 fully saturated rings. The number of ether oxygens (including phenoxy) is 2. The van der Waals surface area contributed by atoms with Gasteiger partial charge in [-0.15, -0.1) is 24.8 Å². The Balaban J connectivity index is 0.00000128. The summed E-state index contributed by atoms with van der Waals surface area (Å²) in [5.74, 6) is 2.34. The van der Waals surface area contributed by atoms with Crippen molar-refractivity contribution in [3.05, 3.63) is 48.5 Å². The van der Waals surface area contributed by atoms with Crippen LogP contribution in [0.25, 0.3) is 11.1 Å². The molecule has 162 valence electrons. The first-order chi connectivity index (χ1) is 13.8. The highest BCUT2D eigenvalue weighted by molar-refractivity contribution is 5.85. The predicted molar refractivity (Wildman–Crippen MR) is 123 cm³/mol. The molecular formula is C22H27Cl2N3O3. The van der Waals surface area contributed by atoms with Crippen LogP contribution >= 0.6 is 24.8 Å². The number of piperidine rings is 1. The quantitative estimate of drug-likeness (QED) is 0.609. The first-order valence-electron chi connectivity index (χ1n) is 10.0. The zero-order valence-electron chi connectivity index (χ0n) is 16.7. The van der Waals surface area contributed by atoms with E-state index in [1.54, 1.807) is 0 Å². The van der Waals surface area contributed by atoms with E-state index < -0.39 is 0 Å². The van der Waals surface area contributed by atoms with Crippen molar-refractivity contribution >= 4 is 41.9 Å². The van der Waals surface area contributed by atoms with Crippen LogP contribution in [0, 0.1) is 5.92 Å². The molecule has 0 aliphatic carbocycles. The Kier molecular flexibility index (Phi) is 7.69. The number of nitrogens with zero attached hydrogens (tertiary/aromatic N) is 2.